The van der Waals surface area contributed by atoms with Crippen LogP contribution < -0.4 is 16.0 Å². The van der Waals surface area contributed by atoms with Crippen molar-refractivity contribution in [1.29, 1.82) is 0 Å². The number of nitrogens with one attached hydrogen (secondary N) is 3. The molecule has 0 radical (unpaired) electrons. The van der Waals surface area contributed by atoms with Crippen LogP contribution in [0.2, 0.25) is 0 Å². The zero-order chi connectivity index (χ0) is 17.4. The second-order valence-electron chi connectivity index (χ2n) is 6.82. The Morgan fingerprint density at radius 3 is 2.72 bits per heavy atom. The van der Waals surface area contributed by atoms with Crippen molar-refractivity contribution in [3.63, 3.8) is 0 Å². The van der Waals surface area contributed by atoms with Gasteiger partial charge in [0.15, 0.2) is 0 Å². The van der Waals surface area contributed by atoms with Crippen LogP contribution in [-0.4, -0.2) is 30.4 Å². The van der Waals surface area contributed by atoms with Crippen molar-refractivity contribution in [2.24, 2.45) is 5.92 Å². The summed E-state index contributed by atoms with van der Waals surface area (Å²) in [7, 11) is 0. The minimum absolute atomic E-state index is 0.00684. The van der Waals surface area contributed by atoms with Crippen molar-refractivity contribution in [2.75, 3.05) is 11.9 Å². The number of thiophene rings is 1. The molecule has 1 saturated carbocycles. The molecule has 1 aliphatic heterocycles. The van der Waals surface area contributed by atoms with Crippen LogP contribution in [0, 0.1) is 5.92 Å². The first-order chi connectivity index (χ1) is 12.1. The highest BCUT2D eigenvalue weighted by atomic mass is 32.1. The average Bonchev–Trinajstić information content (AvgIpc) is 3.31. The van der Waals surface area contributed by atoms with E-state index in [1.807, 2.05) is 36.4 Å². The number of hydrogen-bond donors (Lipinski definition) is 3. The van der Waals surface area contributed by atoms with Gasteiger partial charge in [-0.05, 0) is 43.5 Å². The molecule has 2 heterocycles. The highest BCUT2D eigenvalue weighted by molar-refractivity contribution is 7.17. The molecule has 0 spiro atoms. The fourth-order valence-electron chi connectivity index (χ4n) is 3.85. The van der Waals surface area contributed by atoms with E-state index in [1.165, 1.54) is 24.7 Å². The van der Waals surface area contributed by atoms with Crippen molar-refractivity contribution in [2.45, 2.75) is 31.8 Å². The Balaban J connectivity index is 1.50. The van der Waals surface area contributed by atoms with E-state index in [1.54, 1.807) is 0 Å². The molecule has 25 heavy (non-hydrogen) atoms. The van der Waals surface area contributed by atoms with Gasteiger partial charge in [-0.1, -0.05) is 18.2 Å². The lowest BCUT2D eigenvalue weighted by Gasteiger charge is -2.23. The molecule has 3 N–H and O–H groups in total. The summed E-state index contributed by atoms with van der Waals surface area (Å²) >= 11 is 1.45. The zero-order valence-electron chi connectivity index (χ0n) is 14.0. The van der Waals surface area contributed by atoms with Crippen molar-refractivity contribution in [3.8, 4) is 10.4 Å². The van der Waals surface area contributed by atoms with Crippen LogP contribution in [0.25, 0.3) is 10.4 Å². The maximum atomic E-state index is 12.6. The number of piperidine rings is 1. The predicted molar refractivity (Wildman–Crippen MR) is 99.8 cm³/mol. The summed E-state index contributed by atoms with van der Waals surface area (Å²) in [6, 6.07) is 12.1. The van der Waals surface area contributed by atoms with Crippen molar-refractivity contribution in [1.82, 2.24) is 10.6 Å². The number of anilines is 1. The van der Waals surface area contributed by atoms with Crippen LogP contribution in [0.5, 0.6) is 0 Å². The number of carbonyl (C=O) groups excluding carboxylic acids is 2. The number of hydrogen-bond acceptors (Lipinski definition) is 4. The monoisotopic (exact) mass is 355 g/mol. The largest absolute Gasteiger partial charge is 0.347 e. The summed E-state index contributed by atoms with van der Waals surface area (Å²) in [5.41, 5.74) is 1.70. The number of para-hydroxylation sites is 1. The SMILES string of the molecule is CC(=O)Nc1ccccc1-c1ccc(C(=O)NC2CC3CNC2C3)s1. The Hall–Kier alpha value is -2.18. The predicted octanol–water partition coefficient (Wildman–Crippen LogP) is 2.85. The Labute approximate surface area is 150 Å². The topological polar surface area (TPSA) is 70.2 Å². The molecule has 3 unspecified atom stereocenters. The first kappa shape index (κ1) is 16.3. The van der Waals surface area contributed by atoms with Crippen molar-refractivity contribution in [3.05, 3.63) is 41.3 Å². The molecule has 4 rings (SSSR count). The third-order valence-corrected chi connectivity index (χ3v) is 6.10. The second-order valence-corrected chi connectivity index (χ2v) is 7.91. The van der Waals surface area contributed by atoms with Crippen LogP contribution in [0.1, 0.15) is 29.4 Å². The molecule has 1 aliphatic carbocycles. The van der Waals surface area contributed by atoms with Crippen molar-refractivity contribution >= 4 is 28.8 Å². The standard InChI is InChI=1S/C19H21N3O2S/c1-11(23)21-14-5-3-2-4-13(14)17-6-7-18(25-17)19(24)22-16-9-12-8-15(16)20-10-12/h2-7,12,15-16,20H,8-10H2,1H3,(H,21,23)(H,22,24). The molecule has 2 amide bonds. The molecular formula is C19H21N3O2S. The summed E-state index contributed by atoms with van der Waals surface area (Å²) in [6.45, 7) is 2.58. The molecule has 6 heteroatoms. The number of rotatable bonds is 4. The van der Waals surface area contributed by atoms with E-state index >= 15 is 0 Å². The molecule has 5 nitrogen and oxygen atoms in total. The van der Waals surface area contributed by atoms with E-state index < -0.39 is 0 Å². The third kappa shape index (κ3) is 3.32. The van der Waals surface area contributed by atoms with E-state index in [2.05, 4.69) is 16.0 Å². The van der Waals surface area contributed by atoms with Gasteiger partial charge in [0.2, 0.25) is 5.91 Å². The number of benzene rings is 1. The Bertz CT molecular complexity index is 817. The first-order valence-corrected chi connectivity index (χ1v) is 9.43. The van der Waals surface area contributed by atoms with Crippen molar-refractivity contribution < 1.29 is 9.59 Å². The summed E-state index contributed by atoms with van der Waals surface area (Å²) < 4.78 is 0. The van der Waals surface area contributed by atoms with Crippen LogP contribution in [0.15, 0.2) is 36.4 Å². The molecule has 130 valence electrons. The maximum absolute atomic E-state index is 12.6. The molecule has 2 fully saturated rings. The molecule has 2 aliphatic rings. The quantitative estimate of drug-likeness (QED) is 0.790. The third-order valence-electron chi connectivity index (χ3n) is 4.98. The van der Waals surface area contributed by atoms with Gasteiger partial charge in [0.1, 0.15) is 0 Å². The molecule has 2 aromatic rings. The van der Waals surface area contributed by atoms with Crippen LogP contribution in [0.4, 0.5) is 5.69 Å². The zero-order valence-corrected chi connectivity index (χ0v) is 14.9. The fourth-order valence-corrected chi connectivity index (χ4v) is 4.80. The number of amides is 2. The van der Waals surface area contributed by atoms with Gasteiger partial charge in [0.25, 0.3) is 5.91 Å². The summed E-state index contributed by atoms with van der Waals surface area (Å²) in [4.78, 5) is 25.7. The Morgan fingerprint density at radius 1 is 1.16 bits per heavy atom. The first-order valence-electron chi connectivity index (χ1n) is 8.61. The summed E-state index contributed by atoms with van der Waals surface area (Å²) in [6.07, 6.45) is 2.25. The van der Waals surface area contributed by atoms with E-state index in [0.29, 0.717) is 16.8 Å². The molecular weight excluding hydrogens is 334 g/mol. The minimum atomic E-state index is -0.106. The van der Waals surface area contributed by atoms with Gasteiger partial charge in [-0.2, -0.15) is 0 Å². The van der Waals surface area contributed by atoms with Gasteiger partial charge >= 0.3 is 0 Å². The molecule has 1 saturated heterocycles. The molecule has 3 atom stereocenters. The lowest BCUT2D eigenvalue weighted by Crippen LogP contribution is -2.47. The summed E-state index contributed by atoms with van der Waals surface area (Å²) in [5.74, 6) is 0.595. The fraction of sp³-hybridized carbons (Fsp3) is 0.368. The Morgan fingerprint density at radius 2 is 2.00 bits per heavy atom. The molecule has 1 aromatic carbocycles. The minimum Gasteiger partial charge on any atom is -0.347 e. The molecule has 2 bridgehead atoms. The average molecular weight is 355 g/mol. The highest BCUT2D eigenvalue weighted by Crippen LogP contribution is 2.34. The van der Waals surface area contributed by atoms with Crippen LogP contribution in [0.3, 0.4) is 0 Å². The molecule has 1 aromatic heterocycles. The van der Waals surface area contributed by atoms with E-state index in [0.717, 1.165) is 29.1 Å². The Kier molecular flexibility index (Phi) is 4.31. The van der Waals surface area contributed by atoms with Crippen LogP contribution >= 0.6 is 11.3 Å². The van der Waals surface area contributed by atoms with Gasteiger partial charge in [0, 0.05) is 35.1 Å². The van der Waals surface area contributed by atoms with E-state index in [4.69, 9.17) is 0 Å². The lowest BCUT2D eigenvalue weighted by molar-refractivity contribution is -0.114. The van der Waals surface area contributed by atoms with Crippen LogP contribution in [-0.2, 0) is 4.79 Å². The summed E-state index contributed by atoms with van der Waals surface area (Å²) in [5, 5.41) is 9.49. The number of fused-ring (bicyclic) bond motifs is 2. The normalized spacial score (nSPS) is 24.3. The number of carbonyl (C=O) groups is 2. The van der Waals surface area contributed by atoms with Gasteiger partial charge in [-0.3, -0.25) is 9.59 Å². The second kappa shape index (κ2) is 6.61. The van der Waals surface area contributed by atoms with Gasteiger partial charge in [-0.15, -0.1) is 11.3 Å². The lowest BCUT2D eigenvalue weighted by atomic mass is 10.1. The van der Waals surface area contributed by atoms with Gasteiger partial charge in [-0.25, -0.2) is 0 Å². The maximum Gasteiger partial charge on any atom is 0.261 e. The smallest absolute Gasteiger partial charge is 0.261 e. The van der Waals surface area contributed by atoms with Gasteiger partial charge < -0.3 is 16.0 Å². The highest BCUT2D eigenvalue weighted by Gasteiger charge is 2.40. The van der Waals surface area contributed by atoms with E-state index in [9.17, 15) is 9.59 Å². The van der Waals surface area contributed by atoms with Gasteiger partial charge in [0.05, 0.1) is 4.88 Å². The van der Waals surface area contributed by atoms with E-state index in [-0.39, 0.29) is 17.9 Å².